The maximum absolute atomic E-state index is 13.1. The number of allylic oxidation sites excluding steroid dienone is 1. The first-order chi connectivity index (χ1) is 12.7. The van der Waals surface area contributed by atoms with Gasteiger partial charge in [-0.2, -0.15) is 0 Å². The van der Waals surface area contributed by atoms with Crippen LogP contribution in [0.1, 0.15) is 29.8 Å². The highest BCUT2D eigenvalue weighted by molar-refractivity contribution is 6.33. The van der Waals surface area contributed by atoms with E-state index in [1.165, 1.54) is 12.1 Å². The van der Waals surface area contributed by atoms with Crippen molar-refractivity contribution in [3.05, 3.63) is 76.2 Å². The summed E-state index contributed by atoms with van der Waals surface area (Å²) in [6.45, 7) is 3.66. The van der Waals surface area contributed by atoms with E-state index in [4.69, 9.17) is 16.3 Å². The lowest BCUT2D eigenvalue weighted by Gasteiger charge is -2.23. The van der Waals surface area contributed by atoms with E-state index >= 15 is 0 Å². The SMILES string of the molecule is CN1C(=CC(=O)COC(=O)c2ccc(F)cc2Cl)C(C)(C)c2ccccc21. The number of nitrogens with zero attached hydrogens (tertiary/aromatic N) is 1. The third kappa shape index (κ3) is 3.60. The molecule has 0 saturated heterocycles. The molecule has 6 heteroatoms. The smallest absolute Gasteiger partial charge is 0.340 e. The molecule has 3 rings (SSSR count). The number of hydrogen-bond donors (Lipinski definition) is 0. The summed E-state index contributed by atoms with van der Waals surface area (Å²) < 4.78 is 18.1. The molecule has 0 N–H and O–H groups in total. The summed E-state index contributed by atoms with van der Waals surface area (Å²) >= 11 is 5.84. The van der Waals surface area contributed by atoms with Crippen LogP contribution < -0.4 is 4.90 Å². The predicted molar refractivity (Wildman–Crippen MR) is 103 cm³/mol. The van der Waals surface area contributed by atoms with Crippen LogP contribution in [0.25, 0.3) is 0 Å². The van der Waals surface area contributed by atoms with Gasteiger partial charge >= 0.3 is 5.97 Å². The van der Waals surface area contributed by atoms with Crippen LogP contribution in [0.3, 0.4) is 0 Å². The van der Waals surface area contributed by atoms with Crippen LogP contribution in [-0.4, -0.2) is 25.4 Å². The average Bonchev–Trinajstić information content (AvgIpc) is 2.81. The highest BCUT2D eigenvalue weighted by Gasteiger charge is 2.38. The number of hydrogen-bond acceptors (Lipinski definition) is 4. The first-order valence-electron chi connectivity index (χ1n) is 8.42. The van der Waals surface area contributed by atoms with Gasteiger partial charge in [-0.3, -0.25) is 4.79 Å². The van der Waals surface area contributed by atoms with E-state index in [1.54, 1.807) is 0 Å². The summed E-state index contributed by atoms with van der Waals surface area (Å²) in [4.78, 5) is 26.4. The van der Waals surface area contributed by atoms with Crippen LogP contribution in [0, 0.1) is 5.82 Å². The maximum atomic E-state index is 13.1. The van der Waals surface area contributed by atoms with Gasteiger partial charge in [0.05, 0.1) is 10.6 Å². The molecule has 0 unspecified atom stereocenters. The van der Waals surface area contributed by atoms with Gasteiger partial charge < -0.3 is 9.64 Å². The molecule has 0 radical (unpaired) electrons. The van der Waals surface area contributed by atoms with E-state index in [9.17, 15) is 14.0 Å². The van der Waals surface area contributed by atoms with Gasteiger partial charge in [-0.05, 0) is 29.8 Å². The van der Waals surface area contributed by atoms with Gasteiger partial charge in [-0.15, -0.1) is 0 Å². The molecule has 0 fully saturated rings. The monoisotopic (exact) mass is 387 g/mol. The highest BCUT2D eigenvalue weighted by atomic mass is 35.5. The standard InChI is InChI=1S/C21H19ClFNO3/c1-21(2)16-6-4-5-7-18(16)24(3)19(21)11-14(25)12-27-20(26)15-9-8-13(23)10-17(15)22/h4-11H,12H2,1-3H3. The summed E-state index contributed by atoms with van der Waals surface area (Å²) in [5.41, 5.74) is 2.66. The minimum atomic E-state index is -0.769. The van der Waals surface area contributed by atoms with Crippen molar-refractivity contribution >= 4 is 29.0 Å². The Bertz CT molecular complexity index is 952. The second kappa shape index (κ2) is 7.16. The van der Waals surface area contributed by atoms with Crippen molar-refractivity contribution in [2.24, 2.45) is 0 Å². The molecule has 0 amide bonds. The minimum Gasteiger partial charge on any atom is -0.454 e. The van der Waals surface area contributed by atoms with Gasteiger partial charge in [0.1, 0.15) is 5.82 Å². The number of halogens is 2. The van der Waals surface area contributed by atoms with Crippen molar-refractivity contribution < 1.29 is 18.7 Å². The number of likely N-dealkylation sites (N-methyl/N-ethyl adjacent to an activating group) is 1. The molecule has 0 aromatic heterocycles. The summed E-state index contributed by atoms with van der Waals surface area (Å²) in [7, 11) is 1.90. The number of carbonyl (C=O) groups is 2. The molecule has 0 saturated carbocycles. The predicted octanol–water partition coefficient (Wildman–Crippen LogP) is 4.52. The molecule has 0 atom stereocenters. The summed E-state index contributed by atoms with van der Waals surface area (Å²) in [6, 6.07) is 11.3. The fourth-order valence-corrected chi connectivity index (χ4v) is 3.57. The summed E-state index contributed by atoms with van der Waals surface area (Å²) in [6.07, 6.45) is 1.50. The van der Waals surface area contributed by atoms with Gasteiger partial charge in [0, 0.05) is 29.9 Å². The van der Waals surface area contributed by atoms with Gasteiger partial charge in [0.15, 0.2) is 12.4 Å². The zero-order valence-electron chi connectivity index (χ0n) is 15.3. The van der Waals surface area contributed by atoms with Crippen LogP contribution in [0.5, 0.6) is 0 Å². The van der Waals surface area contributed by atoms with Crippen molar-refractivity contribution in [2.45, 2.75) is 19.3 Å². The van der Waals surface area contributed by atoms with E-state index in [-0.39, 0.29) is 21.8 Å². The molecule has 1 heterocycles. The number of anilines is 1. The van der Waals surface area contributed by atoms with Crippen molar-refractivity contribution in [1.82, 2.24) is 0 Å². The third-order valence-corrected chi connectivity index (χ3v) is 5.05. The fraction of sp³-hybridized carbons (Fsp3) is 0.238. The molecule has 2 aromatic rings. The number of esters is 1. The zero-order chi connectivity index (χ0) is 19.8. The fourth-order valence-electron chi connectivity index (χ4n) is 3.32. The Balaban J connectivity index is 1.73. The van der Waals surface area contributed by atoms with Crippen molar-refractivity contribution in [3.63, 3.8) is 0 Å². The van der Waals surface area contributed by atoms with Crippen LogP contribution >= 0.6 is 11.6 Å². The van der Waals surface area contributed by atoms with Gasteiger partial charge in [0.2, 0.25) is 0 Å². The molecule has 27 heavy (non-hydrogen) atoms. The number of benzene rings is 2. The largest absolute Gasteiger partial charge is 0.454 e. The number of rotatable bonds is 4. The molecule has 0 aliphatic carbocycles. The van der Waals surface area contributed by atoms with E-state index in [1.807, 2.05) is 50.1 Å². The number of ketones is 1. The first kappa shape index (κ1) is 19.1. The van der Waals surface area contributed by atoms with E-state index in [2.05, 4.69) is 0 Å². The second-order valence-electron chi connectivity index (χ2n) is 6.90. The second-order valence-corrected chi connectivity index (χ2v) is 7.30. The van der Waals surface area contributed by atoms with Crippen molar-refractivity contribution in [1.29, 1.82) is 0 Å². The average molecular weight is 388 g/mol. The molecular weight excluding hydrogens is 369 g/mol. The molecule has 4 nitrogen and oxygen atoms in total. The van der Waals surface area contributed by atoms with Crippen molar-refractivity contribution in [3.8, 4) is 0 Å². The molecule has 1 aliphatic heterocycles. The Hall–Kier alpha value is -2.66. The maximum Gasteiger partial charge on any atom is 0.340 e. The minimum absolute atomic E-state index is 0.0178. The Morgan fingerprint density at radius 3 is 2.59 bits per heavy atom. The van der Waals surface area contributed by atoms with Crippen LogP contribution in [-0.2, 0) is 14.9 Å². The summed E-state index contributed by atoms with van der Waals surface area (Å²) in [5.74, 6) is -1.66. The van der Waals surface area contributed by atoms with Crippen LogP contribution in [0.4, 0.5) is 10.1 Å². The topological polar surface area (TPSA) is 46.6 Å². The highest BCUT2D eigenvalue weighted by Crippen LogP contribution is 2.46. The number of ether oxygens (including phenoxy) is 1. The molecule has 2 aromatic carbocycles. The lowest BCUT2D eigenvalue weighted by atomic mass is 9.83. The normalized spacial score (nSPS) is 16.3. The number of carbonyl (C=O) groups excluding carboxylic acids is 2. The first-order valence-corrected chi connectivity index (χ1v) is 8.80. The van der Waals surface area contributed by atoms with Crippen molar-refractivity contribution in [2.75, 3.05) is 18.6 Å². The van der Waals surface area contributed by atoms with Crippen LogP contribution in [0.2, 0.25) is 5.02 Å². The molecule has 1 aliphatic rings. The van der Waals surface area contributed by atoms with Gasteiger partial charge in [-0.25, -0.2) is 9.18 Å². The quantitative estimate of drug-likeness (QED) is 0.571. The van der Waals surface area contributed by atoms with Gasteiger partial charge in [0.25, 0.3) is 0 Å². The molecular formula is C21H19ClFNO3. The molecule has 0 spiro atoms. The Kier molecular flexibility index (Phi) is 5.07. The molecule has 140 valence electrons. The zero-order valence-corrected chi connectivity index (χ0v) is 16.0. The third-order valence-electron chi connectivity index (χ3n) is 4.73. The van der Waals surface area contributed by atoms with Crippen LogP contribution in [0.15, 0.2) is 54.2 Å². The van der Waals surface area contributed by atoms with E-state index < -0.39 is 18.4 Å². The Morgan fingerprint density at radius 2 is 1.93 bits per heavy atom. The Labute approximate surface area is 162 Å². The lowest BCUT2D eigenvalue weighted by Crippen LogP contribution is -2.25. The lowest BCUT2D eigenvalue weighted by molar-refractivity contribution is -0.117. The number of para-hydroxylation sites is 1. The Morgan fingerprint density at radius 1 is 1.22 bits per heavy atom. The number of fused-ring (bicyclic) bond motifs is 1. The van der Waals surface area contributed by atoms with E-state index in [0.717, 1.165) is 29.1 Å². The summed E-state index contributed by atoms with van der Waals surface area (Å²) in [5, 5.41) is -0.0575. The molecule has 0 bridgehead atoms. The van der Waals surface area contributed by atoms with E-state index in [0.29, 0.717) is 0 Å². The van der Waals surface area contributed by atoms with Gasteiger partial charge in [-0.1, -0.05) is 43.6 Å².